The van der Waals surface area contributed by atoms with E-state index in [-0.39, 0.29) is 17.9 Å². The lowest BCUT2D eigenvalue weighted by molar-refractivity contribution is -0.139. The van der Waals surface area contributed by atoms with Gasteiger partial charge in [0.15, 0.2) is 0 Å². The first-order valence-corrected chi connectivity index (χ1v) is 6.34. The number of hydrogen-bond acceptors (Lipinski definition) is 3. The minimum Gasteiger partial charge on any atom is -0.378 e. The zero-order valence-electron chi connectivity index (χ0n) is 10.0. The van der Waals surface area contributed by atoms with Gasteiger partial charge in [0.25, 0.3) is 0 Å². The molecule has 92 valence electrons. The van der Waals surface area contributed by atoms with Gasteiger partial charge in [-0.3, -0.25) is 4.79 Å². The number of carbonyl (C=O) groups excluding carboxylic acids is 1. The van der Waals surface area contributed by atoms with Crippen LogP contribution < -0.4 is 5.73 Å². The van der Waals surface area contributed by atoms with Crippen molar-refractivity contribution in [2.45, 2.75) is 44.8 Å². The molecule has 2 N–H and O–H groups in total. The maximum Gasteiger partial charge on any atom is 0.228 e. The fourth-order valence-corrected chi connectivity index (χ4v) is 2.53. The summed E-state index contributed by atoms with van der Waals surface area (Å²) in [6.07, 6.45) is 4.64. The largest absolute Gasteiger partial charge is 0.378 e. The molecule has 0 spiro atoms. The predicted molar refractivity (Wildman–Crippen MR) is 61.9 cm³/mol. The van der Waals surface area contributed by atoms with Gasteiger partial charge in [-0.1, -0.05) is 0 Å². The molecule has 1 aliphatic heterocycles. The zero-order valence-corrected chi connectivity index (χ0v) is 10.0. The van der Waals surface area contributed by atoms with Gasteiger partial charge in [0.05, 0.1) is 18.6 Å². The number of ether oxygens (including phenoxy) is 1. The van der Waals surface area contributed by atoms with E-state index in [4.69, 9.17) is 10.5 Å². The van der Waals surface area contributed by atoms with Crippen LogP contribution in [0.1, 0.15) is 32.6 Å². The van der Waals surface area contributed by atoms with Crippen molar-refractivity contribution in [3.8, 4) is 0 Å². The smallest absolute Gasteiger partial charge is 0.228 e. The highest BCUT2D eigenvalue weighted by molar-refractivity contribution is 5.79. The van der Waals surface area contributed by atoms with Crippen LogP contribution in [0, 0.1) is 5.92 Å². The Kier molecular flexibility index (Phi) is 3.82. The van der Waals surface area contributed by atoms with Gasteiger partial charge >= 0.3 is 0 Å². The predicted octanol–water partition coefficient (Wildman–Crippen LogP) is 0.751. The molecule has 2 unspecified atom stereocenters. The summed E-state index contributed by atoms with van der Waals surface area (Å²) >= 11 is 0. The van der Waals surface area contributed by atoms with Crippen molar-refractivity contribution in [1.29, 1.82) is 0 Å². The molecular weight excluding hydrogens is 204 g/mol. The summed E-state index contributed by atoms with van der Waals surface area (Å²) in [5, 5.41) is 0. The summed E-state index contributed by atoms with van der Waals surface area (Å²) in [6, 6.07) is 0.451. The first kappa shape index (κ1) is 11.9. The second-order valence-electron chi connectivity index (χ2n) is 4.98. The molecule has 1 saturated heterocycles. The van der Waals surface area contributed by atoms with Gasteiger partial charge in [0.1, 0.15) is 0 Å². The molecule has 0 bridgehead atoms. The fraction of sp³-hybridized carbons (Fsp3) is 0.917. The average molecular weight is 226 g/mol. The molecule has 0 aromatic heterocycles. The SMILES string of the molecule is CC1CC(C(=O)N(CCN)C2CCC2)CO1. The quantitative estimate of drug-likeness (QED) is 0.769. The Balaban J connectivity index is 1.93. The molecule has 0 aromatic rings. The van der Waals surface area contributed by atoms with Crippen molar-refractivity contribution < 1.29 is 9.53 Å². The van der Waals surface area contributed by atoms with Crippen LogP contribution in [0.4, 0.5) is 0 Å². The minimum atomic E-state index is 0.0714. The monoisotopic (exact) mass is 226 g/mol. The number of amides is 1. The molecule has 2 aliphatic rings. The molecule has 16 heavy (non-hydrogen) atoms. The molecule has 1 amide bonds. The van der Waals surface area contributed by atoms with Crippen molar-refractivity contribution in [1.82, 2.24) is 4.90 Å². The van der Waals surface area contributed by atoms with Gasteiger partial charge < -0.3 is 15.4 Å². The number of nitrogens with two attached hydrogens (primary N) is 1. The molecule has 2 atom stereocenters. The maximum atomic E-state index is 12.3. The Morgan fingerprint density at radius 3 is 2.69 bits per heavy atom. The van der Waals surface area contributed by atoms with Gasteiger partial charge in [-0.05, 0) is 32.6 Å². The highest BCUT2D eigenvalue weighted by Gasteiger charge is 2.35. The van der Waals surface area contributed by atoms with Crippen molar-refractivity contribution in [3.63, 3.8) is 0 Å². The van der Waals surface area contributed by atoms with Gasteiger partial charge in [-0.2, -0.15) is 0 Å². The molecule has 1 heterocycles. The van der Waals surface area contributed by atoms with Crippen molar-refractivity contribution in [2.24, 2.45) is 11.7 Å². The van der Waals surface area contributed by atoms with Crippen molar-refractivity contribution in [3.05, 3.63) is 0 Å². The van der Waals surface area contributed by atoms with Gasteiger partial charge in [0.2, 0.25) is 5.91 Å². The summed E-state index contributed by atoms with van der Waals surface area (Å²) in [7, 11) is 0. The third kappa shape index (κ3) is 2.38. The van der Waals surface area contributed by atoms with E-state index in [9.17, 15) is 4.79 Å². The second kappa shape index (κ2) is 5.15. The second-order valence-corrected chi connectivity index (χ2v) is 4.98. The number of nitrogens with zero attached hydrogens (tertiary/aromatic N) is 1. The van der Waals surface area contributed by atoms with Crippen LogP contribution in [0.25, 0.3) is 0 Å². The highest BCUT2D eigenvalue weighted by Crippen LogP contribution is 2.28. The Labute approximate surface area is 97.1 Å². The number of carbonyl (C=O) groups is 1. The van der Waals surface area contributed by atoms with Crippen LogP contribution in [-0.4, -0.2) is 42.6 Å². The summed E-state index contributed by atoms with van der Waals surface area (Å²) in [6.45, 7) is 3.89. The van der Waals surface area contributed by atoms with Gasteiger partial charge in [0, 0.05) is 19.1 Å². The van der Waals surface area contributed by atoms with E-state index >= 15 is 0 Å². The molecule has 2 rings (SSSR count). The van der Waals surface area contributed by atoms with E-state index in [0.717, 1.165) is 19.3 Å². The summed E-state index contributed by atoms with van der Waals surface area (Å²) in [4.78, 5) is 14.3. The van der Waals surface area contributed by atoms with E-state index in [1.165, 1.54) is 6.42 Å². The standard InChI is InChI=1S/C12H22N2O2/c1-9-7-10(8-16-9)12(15)14(6-5-13)11-3-2-4-11/h9-11H,2-8,13H2,1H3. The van der Waals surface area contributed by atoms with E-state index in [2.05, 4.69) is 0 Å². The van der Waals surface area contributed by atoms with E-state index in [0.29, 0.717) is 25.7 Å². The van der Waals surface area contributed by atoms with Crippen LogP contribution in [0.15, 0.2) is 0 Å². The Morgan fingerprint density at radius 2 is 2.25 bits per heavy atom. The molecular formula is C12H22N2O2. The molecule has 4 nitrogen and oxygen atoms in total. The van der Waals surface area contributed by atoms with Crippen LogP contribution >= 0.6 is 0 Å². The molecule has 1 aliphatic carbocycles. The fourth-order valence-electron chi connectivity index (χ4n) is 2.53. The van der Waals surface area contributed by atoms with E-state index in [1.54, 1.807) is 0 Å². The molecule has 0 radical (unpaired) electrons. The van der Waals surface area contributed by atoms with E-state index < -0.39 is 0 Å². The lowest BCUT2D eigenvalue weighted by atomic mass is 9.90. The lowest BCUT2D eigenvalue weighted by Gasteiger charge is -2.38. The third-order valence-corrected chi connectivity index (χ3v) is 3.72. The normalized spacial score (nSPS) is 30.1. The Hall–Kier alpha value is -0.610. The van der Waals surface area contributed by atoms with Crippen molar-refractivity contribution >= 4 is 5.91 Å². The highest BCUT2D eigenvalue weighted by atomic mass is 16.5. The Morgan fingerprint density at radius 1 is 1.50 bits per heavy atom. The minimum absolute atomic E-state index is 0.0714. The topological polar surface area (TPSA) is 55.6 Å². The van der Waals surface area contributed by atoms with Crippen LogP contribution in [-0.2, 0) is 9.53 Å². The first-order valence-electron chi connectivity index (χ1n) is 6.34. The molecule has 1 saturated carbocycles. The molecule has 4 heteroatoms. The molecule has 0 aromatic carbocycles. The molecule has 2 fully saturated rings. The number of hydrogen-bond donors (Lipinski definition) is 1. The summed E-state index contributed by atoms with van der Waals surface area (Å²) < 4.78 is 5.47. The first-order chi connectivity index (χ1) is 7.72. The van der Waals surface area contributed by atoms with Gasteiger partial charge in [-0.15, -0.1) is 0 Å². The summed E-state index contributed by atoms with van der Waals surface area (Å²) in [5.74, 6) is 0.335. The lowest BCUT2D eigenvalue weighted by Crippen LogP contribution is -2.49. The van der Waals surface area contributed by atoms with Crippen molar-refractivity contribution in [2.75, 3.05) is 19.7 Å². The zero-order chi connectivity index (χ0) is 11.5. The number of rotatable bonds is 4. The van der Waals surface area contributed by atoms with Crippen LogP contribution in [0.5, 0.6) is 0 Å². The van der Waals surface area contributed by atoms with Crippen LogP contribution in [0.3, 0.4) is 0 Å². The van der Waals surface area contributed by atoms with E-state index in [1.807, 2.05) is 11.8 Å². The maximum absolute atomic E-state index is 12.3. The van der Waals surface area contributed by atoms with Crippen LogP contribution in [0.2, 0.25) is 0 Å². The van der Waals surface area contributed by atoms with Gasteiger partial charge in [-0.25, -0.2) is 0 Å². The third-order valence-electron chi connectivity index (χ3n) is 3.72. The summed E-state index contributed by atoms with van der Waals surface area (Å²) in [5.41, 5.74) is 5.58. The Bertz CT molecular complexity index is 253. The average Bonchev–Trinajstić information content (AvgIpc) is 2.60.